The van der Waals surface area contributed by atoms with Crippen molar-refractivity contribution in [3.8, 4) is 0 Å². The lowest BCUT2D eigenvalue weighted by atomic mass is 10.4. The smallest absolute Gasteiger partial charge is 0.0300 e. The maximum absolute atomic E-state index is 3.50. The van der Waals surface area contributed by atoms with Crippen molar-refractivity contribution in [3.05, 3.63) is 22.4 Å². The summed E-state index contributed by atoms with van der Waals surface area (Å²) in [6.45, 7) is 8.05. The van der Waals surface area contributed by atoms with E-state index in [1.54, 1.807) is 0 Å². The van der Waals surface area contributed by atoms with Gasteiger partial charge in [-0.25, -0.2) is 0 Å². The number of nitrogens with zero attached hydrogens (tertiary/aromatic N) is 1. The maximum atomic E-state index is 3.50. The number of nitrogens with one attached hydrogen (secondary N) is 2. The highest BCUT2D eigenvalue weighted by Crippen LogP contribution is 2.07. The van der Waals surface area contributed by atoms with E-state index in [0.717, 1.165) is 19.6 Å². The molecule has 0 spiro atoms. The monoisotopic (exact) mass is 239 g/mol. The molecule has 0 bridgehead atoms. The number of hydrogen-bond donors (Lipinski definition) is 2. The molecule has 1 aromatic rings. The molecule has 3 nitrogen and oxygen atoms in total. The van der Waals surface area contributed by atoms with Gasteiger partial charge in [-0.05, 0) is 31.0 Å². The summed E-state index contributed by atoms with van der Waals surface area (Å²) in [5.74, 6) is 0. The zero-order valence-corrected chi connectivity index (χ0v) is 10.6. The van der Waals surface area contributed by atoms with Crippen molar-refractivity contribution < 1.29 is 0 Å². The van der Waals surface area contributed by atoms with Gasteiger partial charge in [0.05, 0.1) is 0 Å². The zero-order valence-electron chi connectivity index (χ0n) is 9.74. The third-order valence-corrected chi connectivity index (χ3v) is 3.79. The fourth-order valence-electron chi connectivity index (χ4n) is 1.99. The molecule has 2 heterocycles. The lowest BCUT2D eigenvalue weighted by Crippen LogP contribution is -2.34. The van der Waals surface area contributed by atoms with Crippen LogP contribution in [0.15, 0.2) is 17.5 Å². The van der Waals surface area contributed by atoms with E-state index in [4.69, 9.17) is 0 Å². The molecule has 0 atom stereocenters. The van der Waals surface area contributed by atoms with Crippen LogP contribution in [0.3, 0.4) is 0 Å². The van der Waals surface area contributed by atoms with Gasteiger partial charge in [-0.1, -0.05) is 6.07 Å². The molecule has 0 unspecified atom stereocenters. The molecule has 16 heavy (non-hydrogen) atoms. The molecule has 2 rings (SSSR count). The van der Waals surface area contributed by atoms with Gasteiger partial charge in [0.15, 0.2) is 0 Å². The molecule has 1 aliphatic heterocycles. The molecular formula is C12H21N3S. The third kappa shape index (κ3) is 4.22. The average Bonchev–Trinajstić information content (AvgIpc) is 2.68. The average molecular weight is 239 g/mol. The standard InChI is InChI=1S/C12H21N3S/c1-3-12(16-10-1)11-14-6-9-15-7-2-4-13-5-8-15/h1,3,10,13-14H,2,4-9,11H2. The fourth-order valence-corrected chi connectivity index (χ4v) is 2.66. The molecule has 1 aliphatic rings. The molecule has 2 N–H and O–H groups in total. The van der Waals surface area contributed by atoms with E-state index in [9.17, 15) is 0 Å². The first kappa shape index (κ1) is 12.0. The molecule has 0 amide bonds. The van der Waals surface area contributed by atoms with Crippen molar-refractivity contribution in [3.63, 3.8) is 0 Å². The summed E-state index contributed by atoms with van der Waals surface area (Å²) >= 11 is 1.83. The second-order valence-corrected chi connectivity index (χ2v) is 5.23. The summed E-state index contributed by atoms with van der Waals surface area (Å²) in [5, 5.41) is 9.07. The molecule has 1 fully saturated rings. The van der Waals surface area contributed by atoms with Gasteiger partial charge in [0.25, 0.3) is 0 Å². The second-order valence-electron chi connectivity index (χ2n) is 4.20. The SMILES string of the molecule is c1csc(CNCCN2CCCNCC2)c1. The van der Waals surface area contributed by atoms with Crippen molar-refractivity contribution in [2.75, 3.05) is 39.3 Å². The first-order valence-corrected chi connectivity index (χ1v) is 6.99. The van der Waals surface area contributed by atoms with Gasteiger partial charge in [-0.3, -0.25) is 0 Å². The zero-order chi connectivity index (χ0) is 11.1. The minimum atomic E-state index is 1.02. The van der Waals surface area contributed by atoms with Crippen LogP contribution in [0.4, 0.5) is 0 Å². The molecule has 90 valence electrons. The molecule has 1 aromatic heterocycles. The lowest BCUT2D eigenvalue weighted by Gasteiger charge is -2.19. The van der Waals surface area contributed by atoms with Crippen LogP contribution in [0.1, 0.15) is 11.3 Å². The first-order valence-electron chi connectivity index (χ1n) is 6.11. The Kier molecular flexibility index (Phi) is 5.28. The predicted octanol–water partition coefficient (Wildman–Crippen LogP) is 1.13. The molecular weight excluding hydrogens is 218 g/mol. The Morgan fingerprint density at radius 2 is 2.38 bits per heavy atom. The summed E-state index contributed by atoms with van der Waals surface area (Å²) in [4.78, 5) is 3.97. The van der Waals surface area contributed by atoms with Crippen molar-refractivity contribution in [1.82, 2.24) is 15.5 Å². The maximum Gasteiger partial charge on any atom is 0.0300 e. The van der Waals surface area contributed by atoms with Crippen molar-refractivity contribution in [1.29, 1.82) is 0 Å². The minimum absolute atomic E-state index is 1.02. The van der Waals surface area contributed by atoms with Gasteiger partial charge in [-0.2, -0.15) is 0 Å². The van der Waals surface area contributed by atoms with Gasteiger partial charge in [0.2, 0.25) is 0 Å². The Labute approximate surface area is 102 Å². The molecule has 1 saturated heterocycles. The summed E-state index contributed by atoms with van der Waals surface area (Å²) in [7, 11) is 0. The second kappa shape index (κ2) is 7.01. The van der Waals surface area contributed by atoms with Crippen LogP contribution < -0.4 is 10.6 Å². The molecule has 0 aromatic carbocycles. The van der Waals surface area contributed by atoms with Gasteiger partial charge in [0, 0.05) is 37.6 Å². The van der Waals surface area contributed by atoms with Crippen molar-refractivity contribution >= 4 is 11.3 Å². The van der Waals surface area contributed by atoms with E-state index < -0.39 is 0 Å². The third-order valence-electron chi connectivity index (χ3n) is 2.92. The van der Waals surface area contributed by atoms with Gasteiger partial charge >= 0.3 is 0 Å². The Hall–Kier alpha value is -0.420. The molecule has 4 heteroatoms. The Balaban J connectivity index is 1.56. The van der Waals surface area contributed by atoms with Gasteiger partial charge in [0.1, 0.15) is 0 Å². The summed E-state index contributed by atoms with van der Waals surface area (Å²) < 4.78 is 0. The number of hydrogen-bond acceptors (Lipinski definition) is 4. The normalized spacial score (nSPS) is 18.5. The van der Waals surface area contributed by atoms with Gasteiger partial charge < -0.3 is 15.5 Å². The van der Waals surface area contributed by atoms with Crippen LogP contribution in [0.5, 0.6) is 0 Å². The van der Waals surface area contributed by atoms with Crippen LogP contribution in [0.2, 0.25) is 0 Å². The van der Waals surface area contributed by atoms with Crippen LogP contribution in [-0.4, -0.2) is 44.2 Å². The quantitative estimate of drug-likeness (QED) is 0.754. The lowest BCUT2D eigenvalue weighted by molar-refractivity contribution is 0.291. The molecule has 0 radical (unpaired) electrons. The van der Waals surface area contributed by atoms with E-state index in [1.807, 2.05) is 11.3 Å². The first-order chi connectivity index (χ1) is 7.95. The van der Waals surface area contributed by atoms with E-state index in [2.05, 4.69) is 33.0 Å². The predicted molar refractivity (Wildman–Crippen MR) is 70.0 cm³/mol. The highest BCUT2D eigenvalue weighted by atomic mass is 32.1. The molecule has 0 aliphatic carbocycles. The topological polar surface area (TPSA) is 27.3 Å². The van der Waals surface area contributed by atoms with Crippen molar-refractivity contribution in [2.24, 2.45) is 0 Å². The molecule has 0 saturated carbocycles. The Morgan fingerprint density at radius 3 is 3.25 bits per heavy atom. The van der Waals surface area contributed by atoms with Crippen LogP contribution in [-0.2, 0) is 6.54 Å². The largest absolute Gasteiger partial charge is 0.315 e. The van der Waals surface area contributed by atoms with Crippen molar-refractivity contribution in [2.45, 2.75) is 13.0 Å². The Morgan fingerprint density at radius 1 is 1.38 bits per heavy atom. The van der Waals surface area contributed by atoms with Crippen LogP contribution in [0.25, 0.3) is 0 Å². The number of rotatable bonds is 5. The number of thiophene rings is 1. The van der Waals surface area contributed by atoms with E-state index in [-0.39, 0.29) is 0 Å². The van der Waals surface area contributed by atoms with Gasteiger partial charge in [-0.15, -0.1) is 11.3 Å². The highest BCUT2D eigenvalue weighted by molar-refractivity contribution is 7.09. The summed E-state index contributed by atoms with van der Waals surface area (Å²) in [6, 6.07) is 4.30. The summed E-state index contributed by atoms with van der Waals surface area (Å²) in [6.07, 6.45) is 1.28. The summed E-state index contributed by atoms with van der Waals surface area (Å²) in [5.41, 5.74) is 0. The Bertz CT molecular complexity index is 266. The highest BCUT2D eigenvalue weighted by Gasteiger charge is 2.07. The van der Waals surface area contributed by atoms with Crippen LogP contribution >= 0.6 is 11.3 Å². The minimum Gasteiger partial charge on any atom is -0.315 e. The van der Waals surface area contributed by atoms with E-state index >= 15 is 0 Å². The fraction of sp³-hybridized carbons (Fsp3) is 0.667. The van der Waals surface area contributed by atoms with Crippen LogP contribution in [0, 0.1) is 0 Å². The van der Waals surface area contributed by atoms with E-state index in [1.165, 1.54) is 37.5 Å². The van der Waals surface area contributed by atoms with E-state index in [0.29, 0.717) is 0 Å².